The number of guanidine groups is 1. The smallest absolute Gasteiger partial charge is 0.306 e. The number of nitrogens with zero attached hydrogens (tertiary/aromatic N) is 2. The number of rotatable bonds is 12. The topological polar surface area (TPSA) is 177 Å². The number of carbonyl (C=O) groups is 2. The van der Waals surface area contributed by atoms with E-state index in [9.17, 15) is 23.1 Å². The summed E-state index contributed by atoms with van der Waals surface area (Å²) in [5.41, 5.74) is 11.6. The van der Waals surface area contributed by atoms with E-state index in [1.165, 1.54) is 24.4 Å². The number of amides is 1. The Morgan fingerprint density at radius 3 is 2.12 bits per heavy atom. The number of aliphatic imine (C=N–C) groups is 2. The SMILES string of the molecule is CCC(C(=O)NC(CC)(CC(=O)O)c1ccc(C2(S(=O)(=O)c3ccccc3)N=CC=C2N=C(N)N)cc1)c1ccccc1. The average molecular weight is 602 g/mol. The number of carboxylic acids is 1. The minimum absolute atomic E-state index is 0.0124. The van der Waals surface area contributed by atoms with Gasteiger partial charge in [-0.3, -0.25) is 14.6 Å². The molecule has 3 aromatic rings. The van der Waals surface area contributed by atoms with Gasteiger partial charge in [-0.2, -0.15) is 0 Å². The van der Waals surface area contributed by atoms with Crippen LogP contribution >= 0.6 is 0 Å². The molecule has 3 atom stereocenters. The summed E-state index contributed by atoms with van der Waals surface area (Å²) in [6.45, 7) is 3.69. The molecule has 0 spiro atoms. The van der Waals surface area contributed by atoms with E-state index < -0.39 is 32.1 Å². The Hall–Kier alpha value is -4.77. The van der Waals surface area contributed by atoms with Crippen molar-refractivity contribution in [3.05, 3.63) is 113 Å². The van der Waals surface area contributed by atoms with Crippen LogP contribution in [0.5, 0.6) is 0 Å². The fourth-order valence-electron chi connectivity index (χ4n) is 5.49. The third-order valence-electron chi connectivity index (χ3n) is 7.70. The van der Waals surface area contributed by atoms with Gasteiger partial charge in [-0.1, -0.05) is 86.6 Å². The zero-order valence-corrected chi connectivity index (χ0v) is 24.8. The maximum atomic E-state index is 14.2. The molecule has 43 heavy (non-hydrogen) atoms. The Morgan fingerprint density at radius 2 is 1.58 bits per heavy atom. The second kappa shape index (κ2) is 12.6. The number of nitrogens with one attached hydrogen (secondary N) is 1. The number of hydrogen-bond donors (Lipinski definition) is 4. The summed E-state index contributed by atoms with van der Waals surface area (Å²) in [6.07, 6.45) is 3.17. The van der Waals surface area contributed by atoms with Gasteiger partial charge in [0.1, 0.15) is 0 Å². The van der Waals surface area contributed by atoms with Crippen molar-refractivity contribution in [3.63, 3.8) is 0 Å². The molecule has 6 N–H and O–H groups in total. The molecule has 224 valence electrons. The van der Waals surface area contributed by atoms with E-state index in [1.54, 1.807) is 49.4 Å². The highest BCUT2D eigenvalue weighted by Gasteiger charge is 2.51. The summed E-state index contributed by atoms with van der Waals surface area (Å²) in [5.74, 6) is -2.22. The van der Waals surface area contributed by atoms with Crippen molar-refractivity contribution in [1.29, 1.82) is 0 Å². The highest BCUT2D eigenvalue weighted by molar-refractivity contribution is 7.92. The molecule has 0 radical (unpaired) electrons. The number of carboxylic acid groups (broad SMARTS) is 1. The summed E-state index contributed by atoms with van der Waals surface area (Å²) in [4.78, 5) is 32.3. The largest absolute Gasteiger partial charge is 0.481 e. The van der Waals surface area contributed by atoms with E-state index in [0.717, 1.165) is 5.56 Å². The van der Waals surface area contributed by atoms with Crippen molar-refractivity contribution in [3.8, 4) is 0 Å². The van der Waals surface area contributed by atoms with Crippen molar-refractivity contribution < 1.29 is 23.1 Å². The zero-order valence-electron chi connectivity index (χ0n) is 24.0. The number of aliphatic carboxylic acids is 1. The molecule has 11 heteroatoms. The van der Waals surface area contributed by atoms with Crippen LogP contribution in [0.4, 0.5) is 0 Å². The molecule has 0 fully saturated rings. The quantitative estimate of drug-likeness (QED) is 0.179. The van der Waals surface area contributed by atoms with Gasteiger partial charge < -0.3 is 21.9 Å². The van der Waals surface area contributed by atoms with Gasteiger partial charge in [-0.05, 0) is 42.2 Å². The van der Waals surface area contributed by atoms with E-state index >= 15 is 0 Å². The predicted molar refractivity (Wildman–Crippen MR) is 166 cm³/mol. The lowest BCUT2D eigenvalue weighted by Gasteiger charge is -2.35. The first-order chi connectivity index (χ1) is 20.5. The van der Waals surface area contributed by atoms with Crippen LogP contribution in [0.3, 0.4) is 0 Å². The number of nitrogens with two attached hydrogens (primary N) is 2. The Labute approximate surface area is 251 Å². The first-order valence-corrected chi connectivity index (χ1v) is 15.3. The second-order valence-corrected chi connectivity index (χ2v) is 12.3. The highest BCUT2D eigenvalue weighted by Crippen LogP contribution is 2.46. The molecule has 1 aliphatic rings. The summed E-state index contributed by atoms with van der Waals surface area (Å²) < 4.78 is 28.4. The van der Waals surface area contributed by atoms with Gasteiger partial charge in [0.2, 0.25) is 20.6 Å². The maximum Gasteiger partial charge on any atom is 0.306 e. The first kappa shape index (κ1) is 31.2. The lowest BCUT2D eigenvalue weighted by Crippen LogP contribution is -2.48. The summed E-state index contributed by atoms with van der Waals surface area (Å²) in [5, 5.41) is 12.9. The number of carbonyl (C=O) groups excluding carboxylic acids is 1. The molecule has 4 rings (SSSR count). The fraction of sp³-hybridized carbons (Fsp3) is 0.250. The van der Waals surface area contributed by atoms with Crippen molar-refractivity contribution in [2.24, 2.45) is 21.5 Å². The molecule has 1 heterocycles. The lowest BCUT2D eigenvalue weighted by atomic mass is 9.82. The standard InChI is InChI=1S/C32H35N5O5S/c1-3-26(22-11-7-5-8-12-22)29(40)37-31(4-2,21-28(38)39)23-15-17-24(18-16-23)32(27(19-20-35-32)36-30(33)34)43(41,42)25-13-9-6-10-14-25/h5-20,26H,3-4,21H2,1-2H3,(H,37,40)(H,38,39)(H4,33,34,36). The van der Waals surface area contributed by atoms with Crippen molar-refractivity contribution in [2.75, 3.05) is 0 Å². The molecule has 3 aromatic carbocycles. The molecule has 0 saturated heterocycles. The highest BCUT2D eigenvalue weighted by atomic mass is 32.2. The third-order valence-corrected chi connectivity index (χ3v) is 9.92. The molecular weight excluding hydrogens is 566 g/mol. The fourth-order valence-corrected chi connectivity index (χ4v) is 7.38. The molecule has 0 saturated carbocycles. The predicted octanol–water partition coefficient (Wildman–Crippen LogP) is 3.95. The number of benzene rings is 3. The van der Waals surface area contributed by atoms with E-state index in [2.05, 4.69) is 15.3 Å². The minimum atomic E-state index is -4.23. The van der Waals surface area contributed by atoms with Crippen LogP contribution in [0, 0.1) is 0 Å². The summed E-state index contributed by atoms with van der Waals surface area (Å²) >= 11 is 0. The van der Waals surface area contributed by atoms with Crippen LogP contribution in [0.2, 0.25) is 0 Å². The van der Waals surface area contributed by atoms with Gasteiger partial charge in [-0.25, -0.2) is 13.4 Å². The molecule has 1 amide bonds. The third kappa shape index (κ3) is 5.94. The molecule has 0 aliphatic carbocycles. The van der Waals surface area contributed by atoms with E-state index in [4.69, 9.17) is 11.5 Å². The Morgan fingerprint density at radius 1 is 0.977 bits per heavy atom. The Kier molecular flexibility index (Phi) is 9.15. The molecule has 0 bridgehead atoms. The van der Waals surface area contributed by atoms with Crippen LogP contribution in [0.25, 0.3) is 0 Å². The molecule has 1 aliphatic heterocycles. The Bertz CT molecular complexity index is 1670. The zero-order chi connectivity index (χ0) is 31.3. The molecule has 3 unspecified atom stereocenters. The molecule has 10 nitrogen and oxygen atoms in total. The summed E-state index contributed by atoms with van der Waals surface area (Å²) in [6, 6.07) is 23.5. The maximum absolute atomic E-state index is 14.2. The minimum Gasteiger partial charge on any atom is -0.481 e. The van der Waals surface area contributed by atoms with Crippen LogP contribution < -0.4 is 16.8 Å². The van der Waals surface area contributed by atoms with Gasteiger partial charge in [0.15, 0.2) is 5.96 Å². The lowest BCUT2D eigenvalue weighted by molar-refractivity contribution is -0.139. The van der Waals surface area contributed by atoms with Gasteiger partial charge in [0.05, 0.1) is 28.5 Å². The average Bonchev–Trinajstić information content (AvgIpc) is 3.42. The Balaban J connectivity index is 1.82. The summed E-state index contributed by atoms with van der Waals surface area (Å²) in [7, 11) is -4.23. The van der Waals surface area contributed by atoms with Gasteiger partial charge in [-0.15, -0.1) is 0 Å². The number of hydrogen-bond acceptors (Lipinski definition) is 6. The van der Waals surface area contributed by atoms with Crippen molar-refractivity contribution in [2.45, 2.75) is 54.3 Å². The van der Waals surface area contributed by atoms with Gasteiger partial charge in [0.25, 0.3) is 0 Å². The van der Waals surface area contributed by atoms with Crippen LogP contribution in [0.1, 0.15) is 55.7 Å². The monoisotopic (exact) mass is 601 g/mol. The van der Waals surface area contributed by atoms with Crippen molar-refractivity contribution in [1.82, 2.24) is 5.32 Å². The van der Waals surface area contributed by atoms with Crippen LogP contribution in [-0.4, -0.2) is 37.6 Å². The van der Waals surface area contributed by atoms with E-state index in [0.29, 0.717) is 12.0 Å². The van der Waals surface area contributed by atoms with Crippen LogP contribution in [0.15, 0.2) is 112 Å². The van der Waals surface area contributed by atoms with E-state index in [1.807, 2.05) is 37.3 Å². The number of sulfone groups is 1. The van der Waals surface area contributed by atoms with Gasteiger partial charge in [0, 0.05) is 11.8 Å². The van der Waals surface area contributed by atoms with Crippen LogP contribution in [-0.2, 0) is 29.8 Å². The molecule has 0 aromatic heterocycles. The van der Waals surface area contributed by atoms with Crippen molar-refractivity contribution >= 4 is 33.9 Å². The first-order valence-electron chi connectivity index (χ1n) is 13.9. The second-order valence-electron chi connectivity index (χ2n) is 10.3. The van der Waals surface area contributed by atoms with E-state index in [-0.39, 0.29) is 40.9 Å². The molecular formula is C32H35N5O5S. The van der Waals surface area contributed by atoms with Gasteiger partial charge >= 0.3 is 5.97 Å². The number of allylic oxidation sites excluding steroid dienone is 1. The normalized spacial score (nSPS) is 18.2.